The van der Waals surface area contributed by atoms with Crippen molar-refractivity contribution in [3.05, 3.63) is 46.7 Å². The fourth-order valence-corrected chi connectivity index (χ4v) is 2.78. The molecule has 2 rings (SSSR count). The Labute approximate surface area is 171 Å². The van der Waals surface area contributed by atoms with Crippen molar-refractivity contribution in [2.45, 2.75) is 12.8 Å². The van der Waals surface area contributed by atoms with Gasteiger partial charge in [0.25, 0.3) is 11.8 Å². The molecule has 0 saturated heterocycles. The van der Waals surface area contributed by atoms with E-state index in [1.54, 1.807) is 41.1 Å². The molecule has 9 nitrogen and oxygen atoms in total. The molecule has 0 fully saturated rings. The van der Waals surface area contributed by atoms with Gasteiger partial charge in [0.05, 0.1) is 7.11 Å². The van der Waals surface area contributed by atoms with Crippen LogP contribution in [0, 0.1) is 0 Å². The third kappa shape index (κ3) is 8.01. The molecular weight excluding hydrogens is 398 g/mol. The SMILES string of the molecule is COc1ccc(NC(=O)NC(=O)COC(=O)CCCNC(=O)c2ccsc2)cc1. The van der Waals surface area contributed by atoms with Crippen LogP contribution in [0.5, 0.6) is 5.75 Å². The second kappa shape index (κ2) is 11.4. The van der Waals surface area contributed by atoms with Crippen LogP contribution in [0.3, 0.4) is 0 Å². The summed E-state index contributed by atoms with van der Waals surface area (Å²) in [6.07, 6.45) is 0.406. The van der Waals surface area contributed by atoms with E-state index in [0.717, 1.165) is 0 Å². The van der Waals surface area contributed by atoms with Crippen molar-refractivity contribution in [3.63, 3.8) is 0 Å². The predicted molar refractivity (Wildman–Crippen MR) is 107 cm³/mol. The molecule has 3 N–H and O–H groups in total. The Bertz CT molecular complexity index is 836. The van der Waals surface area contributed by atoms with Crippen molar-refractivity contribution in [2.75, 3.05) is 25.6 Å². The summed E-state index contributed by atoms with van der Waals surface area (Å²) < 4.78 is 9.81. The van der Waals surface area contributed by atoms with Crippen molar-refractivity contribution in [2.24, 2.45) is 0 Å². The summed E-state index contributed by atoms with van der Waals surface area (Å²) in [5, 5.41) is 10.7. The fourth-order valence-electron chi connectivity index (χ4n) is 2.15. The van der Waals surface area contributed by atoms with Crippen molar-refractivity contribution in [3.8, 4) is 5.75 Å². The summed E-state index contributed by atoms with van der Waals surface area (Å²) in [6.45, 7) is -0.267. The maximum absolute atomic E-state index is 11.7. The number of imide groups is 1. The lowest BCUT2D eigenvalue weighted by Gasteiger charge is -2.08. The van der Waals surface area contributed by atoms with Crippen LogP contribution in [-0.2, 0) is 14.3 Å². The molecule has 0 aliphatic rings. The zero-order valence-corrected chi connectivity index (χ0v) is 16.5. The minimum atomic E-state index is -0.755. The van der Waals surface area contributed by atoms with Crippen molar-refractivity contribution >= 4 is 40.8 Å². The molecule has 0 aliphatic carbocycles. The lowest BCUT2D eigenvalue weighted by molar-refractivity contribution is -0.148. The normalized spacial score (nSPS) is 9.97. The van der Waals surface area contributed by atoms with Gasteiger partial charge in [0, 0.05) is 29.6 Å². The van der Waals surface area contributed by atoms with E-state index in [9.17, 15) is 19.2 Å². The van der Waals surface area contributed by atoms with Crippen LogP contribution in [0.1, 0.15) is 23.2 Å². The van der Waals surface area contributed by atoms with Crippen LogP contribution >= 0.6 is 11.3 Å². The van der Waals surface area contributed by atoms with E-state index in [1.807, 2.05) is 0 Å². The fraction of sp³-hybridized carbons (Fsp3) is 0.263. The maximum atomic E-state index is 11.7. The smallest absolute Gasteiger partial charge is 0.325 e. The number of urea groups is 1. The maximum Gasteiger partial charge on any atom is 0.325 e. The van der Waals surface area contributed by atoms with Gasteiger partial charge < -0.3 is 20.1 Å². The van der Waals surface area contributed by atoms with Crippen LogP contribution in [0.4, 0.5) is 10.5 Å². The van der Waals surface area contributed by atoms with E-state index < -0.39 is 24.5 Å². The predicted octanol–water partition coefficient (Wildman–Crippen LogP) is 2.16. The lowest BCUT2D eigenvalue weighted by atomic mass is 10.3. The summed E-state index contributed by atoms with van der Waals surface area (Å²) in [4.78, 5) is 46.8. The van der Waals surface area contributed by atoms with E-state index in [2.05, 4.69) is 16.0 Å². The van der Waals surface area contributed by atoms with E-state index in [4.69, 9.17) is 9.47 Å². The Kier molecular flexibility index (Phi) is 8.64. The molecule has 0 aliphatic heterocycles. The zero-order chi connectivity index (χ0) is 21.1. The molecule has 29 heavy (non-hydrogen) atoms. The van der Waals surface area contributed by atoms with E-state index in [0.29, 0.717) is 30.0 Å². The number of benzene rings is 1. The third-order valence-corrected chi connectivity index (χ3v) is 4.27. The van der Waals surface area contributed by atoms with Gasteiger partial charge in [0.15, 0.2) is 6.61 Å². The first kappa shape index (κ1) is 21.9. The standard InChI is InChI=1S/C19H21N3O6S/c1-27-15-6-4-14(5-7-15)21-19(26)22-16(23)11-28-17(24)3-2-9-20-18(25)13-8-10-29-12-13/h4-8,10,12H,2-3,9,11H2,1H3,(H,20,25)(H2,21,22,23,26). The van der Waals surface area contributed by atoms with Crippen LogP contribution < -0.4 is 20.7 Å². The molecule has 0 radical (unpaired) electrons. The van der Waals surface area contributed by atoms with E-state index >= 15 is 0 Å². The molecule has 154 valence electrons. The highest BCUT2D eigenvalue weighted by atomic mass is 32.1. The minimum absolute atomic E-state index is 0.0369. The van der Waals surface area contributed by atoms with Gasteiger partial charge in [-0.3, -0.25) is 19.7 Å². The Morgan fingerprint density at radius 3 is 2.48 bits per heavy atom. The molecule has 0 spiro atoms. The first-order valence-electron chi connectivity index (χ1n) is 8.69. The molecule has 2 aromatic rings. The summed E-state index contributed by atoms with van der Waals surface area (Å²) in [7, 11) is 1.52. The van der Waals surface area contributed by atoms with Gasteiger partial charge in [-0.1, -0.05) is 0 Å². The van der Waals surface area contributed by atoms with E-state index in [-0.39, 0.29) is 12.3 Å². The van der Waals surface area contributed by atoms with Gasteiger partial charge in [0.2, 0.25) is 0 Å². The monoisotopic (exact) mass is 419 g/mol. The van der Waals surface area contributed by atoms with Crippen molar-refractivity contribution < 1.29 is 28.7 Å². The van der Waals surface area contributed by atoms with Gasteiger partial charge in [-0.05, 0) is 42.1 Å². The highest BCUT2D eigenvalue weighted by molar-refractivity contribution is 7.08. The number of thiophene rings is 1. The van der Waals surface area contributed by atoms with Crippen molar-refractivity contribution in [1.29, 1.82) is 0 Å². The second-order valence-electron chi connectivity index (χ2n) is 5.76. The first-order chi connectivity index (χ1) is 14.0. The minimum Gasteiger partial charge on any atom is -0.497 e. The first-order valence-corrected chi connectivity index (χ1v) is 9.63. The molecule has 0 saturated carbocycles. The summed E-state index contributed by atoms with van der Waals surface area (Å²) in [6, 6.07) is 7.49. The molecule has 0 atom stereocenters. The van der Waals surface area contributed by atoms with Crippen LogP contribution in [0.15, 0.2) is 41.1 Å². The van der Waals surface area contributed by atoms with Gasteiger partial charge in [-0.15, -0.1) is 0 Å². The topological polar surface area (TPSA) is 123 Å². The molecule has 1 heterocycles. The quantitative estimate of drug-likeness (QED) is 0.423. The largest absolute Gasteiger partial charge is 0.497 e. The number of hydrogen-bond acceptors (Lipinski definition) is 7. The number of nitrogens with one attached hydrogen (secondary N) is 3. The summed E-state index contributed by atoms with van der Waals surface area (Å²) in [5.41, 5.74) is 1.04. The molecule has 4 amide bonds. The van der Waals surface area contributed by atoms with Gasteiger partial charge in [-0.25, -0.2) is 4.79 Å². The number of amides is 4. The van der Waals surface area contributed by atoms with Crippen molar-refractivity contribution in [1.82, 2.24) is 10.6 Å². The summed E-state index contributed by atoms with van der Waals surface area (Å²) >= 11 is 1.42. The number of rotatable bonds is 9. The molecular formula is C19H21N3O6S. The molecule has 0 bridgehead atoms. The third-order valence-electron chi connectivity index (χ3n) is 3.59. The Balaban J connectivity index is 1.58. The second-order valence-corrected chi connectivity index (χ2v) is 6.54. The average Bonchev–Trinajstić information content (AvgIpc) is 3.25. The van der Waals surface area contributed by atoms with Crippen LogP contribution in [0.25, 0.3) is 0 Å². The van der Waals surface area contributed by atoms with Gasteiger partial charge in [0.1, 0.15) is 5.75 Å². The Hall–Kier alpha value is -3.40. The highest BCUT2D eigenvalue weighted by Gasteiger charge is 2.12. The number of carbonyl (C=O) groups is 4. The molecule has 0 unspecified atom stereocenters. The number of carbonyl (C=O) groups excluding carboxylic acids is 4. The lowest BCUT2D eigenvalue weighted by Crippen LogP contribution is -2.37. The molecule has 10 heteroatoms. The van der Waals surface area contributed by atoms with Gasteiger partial charge >= 0.3 is 12.0 Å². The Morgan fingerprint density at radius 1 is 1.07 bits per heavy atom. The summed E-state index contributed by atoms with van der Waals surface area (Å²) in [5.74, 6) is -0.928. The number of anilines is 1. The number of methoxy groups -OCH3 is 1. The van der Waals surface area contributed by atoms with E-state index in [1.165, 1.54) is 18.4 Å². The van der Waals surface area contributed by atoms with Gasteiger partial charge in [-0.2, -0.15) is 11.3 Å². The number of ether oxygens (including phenoxy) is 2. The Morgan fingerprint density at radius 2 is 1.83 bits per heavy atom. The number of esters is 1. The average molecular weight is 419 g/mol. The van der Waals surface area contributed by atoms with Crippen LogP contribution in [0.2, 0.25) is 0 Å². The molecule has 1 aromatic heterocycles. The number of hydrogen-bond donors (Lipinski definition) is 3. The zero-order valence-electron chi connectivity index (χ0n) is 15.7. The van der Waals surface area contributed by atoms with Crippen LogP contribution in [-0.4, -0.2) is 44.1 Å². The highest BCUT2D eigenvalue weighted by Crippen LogP contribution is 2.14. The molecule has 1 aromatic carbocycles.